The van der Waals surface area contributed by atoms with Gasteiger partial charge in [0.15, 0.2) is 17.5 Å². The number of hydrogen-bond acceptors (Lipinski definition) is 5. The first-order chi connectivity index (χ1) is 24.7. The summed E-state index contributed by atoms with van der Waals surface area (Å²) < 4.78 is 0. The highest BCUT2D eigenvalue weighted by Crippen LogP contribution is 2.63. The Labute approximate surface area is 293 Å². The summed E-state index contributed by atoms with van der Waals surface area (Å²) in [6.07, 6.45) is 0. The zero-order valence-corrected chi connectivity index (χ0v) is 27.5. The van der Waals surface area contributed by atoms with E-state index in [4.69, 9.17) is 15.0 Å². The summed E-state index contributed by atoms with van der Waals surface area (Å²) >= 11 is 1.79. The Morgan fingerprint density at radius 3 is 1.72 bits per heavy atom. The third-order valence-electron chi connectivity index (χ3n) is 10.0. The van der Waals surface area contributed by atoms with Gasteiger partial charge in [-0.1, -0.05) is 145 Å². The van der Waals surface area contributed by atoms with Crippen LogP contribution < -0.4 is 0 Å². The maximum Gasteiger partial charge on any atom is 0.164 e. The van der Waals surface area contributed by atoms with Crippen LogP contribution in [0.3, 0.4) is 0 Å². The van der Waals surface area contributed by atoms with Crippen LogP contribution in [0.2, 0.25) is 0 Å². The van der Waals surface area contributed by atoms with Gasteiger partial charge in [0.2, 0.25) is 0 Å². The molecule has 1 aliphatic heterocycles. The zero-order valence-electron chi connectivity index (χ0n) is 26.7. The van der Waals surface area contributed by atoms with E-state index in [1.54, 1.807) is 11.8 Å². The summed E-state index contributed by atoms with van der Waals surface area (Å²) in [5.41, 5.74) is 9.89. The molecule has 50 heavy (non-hydrogen) atoms. The van der Waals surface area contributed by atoms with Crippen molar-refractivity contribution in [2.75, 3.05) is 0 Å². The molecule has 4 nitrogen and oxygen atoms in total. The quantitative estimate of drug-likeness (QED) is 0.190. The van der Waals surface area contributed by atoms with Crippen LogP contribution >= 0.6 is 11.8 Å². The Kier molecular flexibility index (Phi) is 6.36. The van der Waals surface area contributed by atoms with Gasteiger partial charge in [0.05, 0.1) is 17.0 Å². The Morgan fingerprint density at radius 1 is 0.460 bits per heavy atom. The van der Waals surface area contributed by atoms with Gasteiger partial charge in [-0.2, -0.15) is 5.26 Å². The largest absolute Gasteiger partial charge is 0.208 e. The van der Waals surface area contributed by atoms with E-state index in [-0.39, 0.29) is 0 Å². The van der Waals surface area contributed by atoms with Crippen molar-refractivity contribution >= 4 is 22.5 Å². The highest BCUT2D eigenvalue weighted by atomic mass is 32.2. The summed E-state index contributed by atoms with van der Waals surface area (Å²) in [7, 11) is 0. The molecule has 8 aromatic rings. The van der Waals surface area contributed by atoms with Gasteiger partial charge in [-0.3, -0.25) is 0 Å². The Bertz CT molecular complexity index is 2640. The smallest absolute Gasteiger partial charge is 0.164 e. The van der Waals surface area contributed by atoms with Crippen molar-refractivity contribution in [3.05, 3.63) is 186 Å². The molecule has 2 heterocycles. The topological polar surface area (TPSA) is 62.5 Å². The lowest BCUT2D eigenvalue weighted by Gasteiger charge is -2.40. The van der Waals surface area contributed by atoms with Crippen LogP contribution in [-0.2, 0) is 5.41 Å². The minimum Gasteiger partial charge on any atom is -0.208 e. The molecule has 10 rings (SSSR count). The van der Waals surface area contributed by atoms with Gasteiger partial charge in [-0.25, -0.2) is 15.0 Å². The number of rotatable bonds is 3. The molecule has 0 bridgehead atoms. The number of nitrogens with zero attached hydrogens (tertiary/aromatic N) is 4. The van der Waals surface area contributed by atoms with Crippen molar-refractivity contribution in [1.29, 1.82) is 5.26 Å². The lowest BCUT2D eigenvalue weighted by atomic mass is 9.66. The third-order valence-corrected chi connectivity index (χ3v) is 11.2. The first kappa shape index (κ1) is 28.6. The Hall–Kier alpha value is -6.35. The van der Waals surface area contributed by atoms with Gasteiger partial charge in [0, 0.05) is 31.9 Å². The van der Waals surface area contributed by atoms with E-state index in [9.17, 15) is 5.26 Å². The molecule has 1 aliphatic carbocycles. The van der Waals surface area contributed by atoms with Gasteiger partial charge in [-0.05, 0) is 63.0 Å². The number of benzene rings is 7. The van der Waals surface area contributed by atoms with Crippen LogP contribution in [0.25, 0.3) is 56.1 Å². The van der Waals surface area contributed by atoms with Crippen molar-refractivity contribution in [1.82, 2.24) is 15.0 Å². The Morgan fingerprint density at radius 2 is 1.02 bits per heavy atom. The fourth-order valence-corrected chi connectivity index (χ4v) is 9.10. The molecule has 1 spiro atoms. The summed E-state index contributed by atoms with van der Waals surface area (Å²) in [6.45, 7) is 0. The molecule has 0 saturated carbocycles. The highest BCUT2D eigenvalue weighted by molar-refractivity contribution is 7.99. The van der Waals surface area contributed by atoms with E-state index in [0.29, 0.717) is 23.0 Å². The third kappa shape index (κ3) is 4.09. The van der Waals surface area contributed by atoms with E-state index in [0.717, 1.165) is 38.6 Å². The van der Waals surface area contributed by atoms with Gasteiger partial charge < -0.3 is 0 Å². The lowest BCUT2D eigenvalue weighted by Crippen LogP contribution is -2.32. The Balaban J connectivity index is 1.29. The summed E-state index contributed by atoms with van der Waals surface area (Å²) in [4.78, 5) is 17.5. The molecule has 232 valence electrons. The number of nitriles is 1. The minimum absolute atomic E-state index is 0.613. The van der Waals surface area contributed by atoms with Crippen LogP contribution in [-0.4, -0.2) is 15.0 Å². The lowest BCUT2D eigenvalue weighted by molar-refractivity contribution is 0.723. The average molecular weight is 655 g/mol. The van der Waals surface area contributed by atoms with Crippen molar-refractivity contribution in [2.24, 2.45) is 0 Å². The highest BCUT2D eigenvalue weighted by Gasteiger charge is 2.51. The fraction of sp³-hybridized carbons (Fsp3) is 0.0222. The maximum absolute atomic E-state index is 10.5. The molecule has 0 N–H and O–H groups in total. The van der Waals surface area contributed by atoms with E-state index < -0.39 is 5.41 Å². The minimum atomic E-state index is -0.660. The fourth-order valence-electron chi connectivity index (χ4n) is 7.93. The first-order valence-electron chi connectivity index (χ1n) is 16.6. The average Bonchev–Trinajstić information content (AvgIpc) is 3.48. The SMILES string of the molecule is N#Cc1cc2c(c3ccccc13)-c1ccccc1C21c2ccccc2Sc2ccc(-c3nc(-c4ccccc4)nc(-c4ccccc4)n3)cc21. The maximum atomic E-state index is 10.5. The van der Waals surface area contributed by atoms with Crippen molar-refractivity contribution < 1.29 is 0 Å². The number of fused-ring (bicyclic) bond motifs is 11. The zero-order chi connectivity index (χ0) is 33.2. The molecule has 0 fully saturated rings. The van der Waals surface area contributed by atoms with Gasteiger partial charge in [0.25, 0.3) is 0 Å². The van der Waals surface area contributed by atoms with Crippen LogP contribution in [0.5, 0.6) is 0 Å². The summed E-state index contributed by atoms with van der Waals surface area (Å²) in [5, 5.41) is 12.6. The van der Waals surface area contributed by atoms with Crippen molar-refractivity contribution in [3.63, 3.8) is 0 Å². The molecule has 2 aliphatic rings. The van der Waals surface area contributed by atoms with Gasteiger partial charge >= 0.3 is 0 Å². The molecule has 0 radical (unpaired) electrons. The second-order valence-electron chi connectivity index (χ2n) is 12.6. The van der Waals surface area contributed by atoms with Gasteiger partial charge in [0.1, 0.15) is 0 Å². The van der Waals surface area contributed by atoms with Crippen LogP contribution in [0.4, 0.5) is 0 Å². The molecule has 1 unspecified atom stereocenters. The standard InChI is InChI=1S/C45H26N4S/c46-27-31-26-38-41(33-18-8-7-17-32(31)33)34-19-9-10-20-35(34)45(38)36-21-11-12-22-39(36)50-40-24-23-30(25-37(40)45)44-48-42(28-13-3-1-4-14-28)47-43(49-44)29-15-5-2-6-16-29/h1-26H. The second-order valence-corrected chi connectivity index (χ2v) is 13.7. The number of hydrogen-bond donors (Lipinski definition) is 0. The first-order valence-corrected chi connectivity index (χ1v) is 17.4. The molecular weight excluding hydrogens is 629 g/mol. The van der Waals surface area contributed by atoms with E-state index >= 15 is 0 Å². The molecule has 0 amide bonds. The van der Waals surface area contributed by atoms with Crippen LogP contribution in [0.15, 0.2) is 168 Å². The predicted molar refractivity (Wildman–Crippen MR) is 200 cm³/mol. The molecule has 7 aromatic carbocycles. The second kappa shape index (κ2) is 11.1. The monoisotopic (exact) mass is 654 g/mol. The summed E-state index contributed by atoms with van der Waals surface area (Å²) in [6, 6.07) is 57.3. The van der Waals surface area contributed by atoms with E-state index in [2.05, 4.69) is 97.1 Å². The van der Waals surface area contributed by atoms with Crippen molar-refractivity contribution in [2.45, 2.75) is 15.2 Å². The van der Waals surface area contributed by atoms with E-state index in [1.165, 1.54) is 32.0 Å². The van der Waals surface area contributed by atoms with Crippen LogP contribution in [0.1, 0.15) is 27.8 Å². The predicted octanol–water partition coefficient (Wildman–Crippen LogP) is 10.7. The van der Waals surface area contributed by atoms with Crippen LogP contribution in [0, 0.1) is 11.3 Å². The normalized spacial score (nSPS) is 15.2. The molecular formula is C45H26N4S. The van der Waals surface area contributed by atoms with E-state index in [1.807, 2.05) is 66.7 Å². The molecule has 1 aromatic heterocycles. The molecule has 5 heteroatoms. The number of aromatic nitrogens is 3. The summed E-state index contributed by atoms with van der Waals surface area (Å²) in [5.74, 6) is 1.87. The van der Waals surface area contributed by atoms with Gasteiger partial charge in [-0.15, -0.1) is 0 Å². The molecule has 1 atom stereocenters. The van der Waals surface area contributed by atoms with Crippen molar-refractivity contribution in [3.8, 4) is 51.4 Å². The molecule has 0 saturated heterocycles.